The van der Waals surface area contributed by atoms with E-state index in [1.807, 2.05) is 36.4 Å². The minimum absolute atomic E-state index is 0.785. The Bertz CT molecular complexity index is 646. The Labute approximate surface area is 152 Å². The Balaban J connectivity index is 2.29. The molecule has 2 aromatic rings. The van der Waals surface area contributed by atoms with Gasteiger partial charge < -0.3 is 9.47 Å². The quantitative estimate of drug-likeness (QED) is 0.553. The van der Waals surface area contributed by atoms with Crippen LogP contribution in [-0.2, 0) is 11.5 Å². The van der Waals surface area contributed by atoms with Crippen molar-refractivity contribution in [3.8, 4) is 11.5 Å². The standard InChI is InChI=1S/C18H22N2O2S2/c1-21-17-7-13(11-23-3)5-15(9-17)19-20-16-6-14(12-24-4)8-18(10-16)22-2/h5-10H,11-12H2,1-4H3/b20-19+. The molecule has 2 aromatic carbocycles. The van der Waals surface area contributed by atoms with Gasteiger partial charge >= 0.3 is 0 Å². The van der Waals surface area contributed by atoms with Crippen LogP contribution in [0.5, 0.6) is 11.5 Å². The zero-order valence-corrected chi connectivity index (χ0v) is 16.0. The van der Waals surface area contributed by atoms with E-state index in [0.717, 1.165) is 34.4 Å². The zero-order valence-electron chi connectivity index (χ0n) is 14.4. The fourth-order valence-electron chi connectivity index (χ4n) is 2.25. The summed E-state index contributed by atoms with van der Waals surface area (Å²) in [4.78, 5) is 0. The fourth-order valence-corrected chi connectivity index (χ4v) is 3.25. The van der Waals surface area contributed by atoms with Crippen molar-refractivity contribution in [1.82, 2.24) is 0 Å². The Morgan fingerprint density at radius 2 is 1.12 bits per heavy atom. The Kier molecular flexibility index (Phi) is 7.46. The van der Waals surface area contributed by atoms with Crippen molar-refractivity contribution in [2.75, 3.05) is 26.7 Å². The zero-order chi connectivity index (χ0) is 17.4. The maximum atomic E-state index is 5.35. The molecule has 0 amide bonds. The van der Waals surface area contributed by atoms with Crippen LogP contribution in [-0.4, -0.2) is 26.7 Å². The summed E-state index contributed by atoms with van der Waals surface area (Å²) in [6.07, 6.45) is 4.15. The summed E-state index contributed by atoms with van der Waals surface area (Å²) < 4.78 is 10.7. The van der Waals surface area contributed by atoms with Crippen molar-refractivity contribution in [2.45, 2.75) is 11.5 Å². The Morgan fingerprint density at radius 3 is 1.46 bits per heavy atom. The molecule has 4 nitrogen and oxygen atoms in total. The van der Waals surface area contributed by atoms with Crippen LogP contribution in [0.4, 0.5) is 11.4 Å². The molecule has 6 heteroatoms. The van der Waals surface area contributed by atoms with Crippen LogP contribution in [0, 0.1) is 0 Å². The van der Waals surface area contributed by atoms with Gasteiger partial charge in [0.1, 0.15) is 11.5 Å². The maximum absolute atomic E-state index is 5.35. The van der Waals surface area contributed by atoms with Crippen LogP contribution < -0.4 is 9.47 Å². The number of hydrogen-bond acceptors (Lipinski definition) is 6. The first-order valence-electron chi connectivity index (χ1n) is 7.44. The van der Waals surface area contributed by atoms with E-state index in [-0.39, 0.29) is 0 Å². The van der Waals surface area contributed by atoms with Crippen LogP contribution in [0.2, 0.25) is 0 Å². The first-order chi connectivity index (χ1) is 11.7. The highest BCUT2D eigenvalue weighted by molar-refractivity contribution is 7.98. The second-order valence-electron chi connectivity index (χ2n) is 5.14. The van der Waals surface area contributed by atoms with E-state index in [4.69, 9.17) is 9.47 Å². The summed E-state index contributed by atoms with van der Waals surface area (Å²) in [5.41, 5.74) is 3.91. The van der Waals surface area contributed by atoms with Crippen molar-refractivity contribution < 1.29 is 9.47 Å². The van der Waals surface area contributed by atoms with Gasteiger partial charge in [0.15, 0.2) is 0 Å². The molecule has 128 valence electrons. The van der Waals surface area contributed by atoms with E-state index in [1.165, 1.54) is 11.1 Å². The lowest BCUT2D eigenvalue weighted by Gasteiger charge is -2.06. The summed E-state index contributed by atoms with van der Waals surface area (Å²) in [5.74, 6) is 3.42. The van der Waals surface area contributed by atoms with Crippen molar-refractivity contribution in [3.63, 3.8) is 0 Å². The van der Waals surface area contributed by atoms with Gasteiger partial charge in [0.2, 0.25) is 0 Å². The first kappa shape index (κ1) is 18.7. The second-order valence-corrected chi connectivity index (χ2v) is 6.88. The number of nitrogens with zero attached hydrogens (tertiary/aromatic N) is 2. The van der Waals surface area contributed by atoms with Gasteiger partial charge in [0.25, 0.3) is 0 Å². The van der Waals surface area contributed by atoms with Crippen molar-refractivity contribution in [3.05, 3.63) is 47.5 Å². The van der Waals surface area contributed by atoms with Gasteiger partial charge in [-0.25, -0.2) is 0 Å². The second kappa shape index (κ2) is 9.59. The van der Waals surface area contributed by atoms with E-state index < -0.39 is 0 Å². The third-order valence-electron chi connectivity index (χ3n) is 3.28. The number of rotatable bonds is 8. The third-order valence-corrected chi connectivity index (χ3v) is 4.52. The molecule has 0 atom stereocenters. The van der Waals surface area contributed by atoms with Gasteiger partial charge in [0, 0.05) is 23.6 Å². The number of thioether (sulfide) groups is 2. The van der Waals surface area contributed by atoms with Crippen LogP contribution >= 0.6 is 23.5 Å². The highest BCUT2D eigenvalue weighted by Crippen LogP contribution is 2.29. The molecule has 24 heavy (non-hydrogen) atoms. The van der Waals surface area contributed by atoms with Gasteiger partial charge in [0.05, 0.1) is 25.6 Å². The van der Waals surface area contributed by atoms with Crippen LogP contribution in [0.3, 0.4) is 0 Å². The lowest BCUT2D eigenvalue weighted by Crippen LogP contribution is -1.86. The molecule has 0 spiro atoms. The molecule has 0 saturated carbocycles. The molecule has 0 aliphatic carbocycles. The monoisotopic (exact) mass is 362 g/mol. The predicted molar refractivity (Wildman–Crippen MR) is 105 cm³/mol. The van der Waals surface area contributed by atoms with E-state index in [1.54, 1.807) is 37.7 Å². The molecular weight excluding hydrogens is 340 g/mol. The highest BCUT2D eigenvalue weighted by atomic mass is 32.2. The Morgan fingerprint density at radius 1 is 0.708 bits per heavy atom. The molecule has 2 rings (SSSR count). The van der Waals surface area contributed by atoms with Crippen molar-refractivity contribution in [1.29, 1.82) is 0 Å². The van der Waals surface area contributed by atoms with Crippen LogP contribution in [0.1, 0.15) is 11.1 Å². The lowest BCUT2D eigenvalue weighted by molar-refractivity contribution is 0.414. The molecule has 0 unspecified atom stereocenters. The summed E-state index contributed by atoms with van der Waals surface area (Å²) in [5, 5.41) is 8.76. The third kappa shape index (κ3) is 5.46. The van der Waals surface area contributed by atoms with Crippen molar-refractivity contribution in [2.24, 2.45) is 10.2 Å². The molecule has 0 aliphatic rings. The van der Waals surface area contributed by atoms with Crippen LogP contribution in [0.15, 0.2) is 46.6 Å². The predicted octanol–water partition coefficient (Wildman–Crippen LogP) is 5.85. The molecule has 0 heterocycles. The average Bonchev–Trinajstić information content (AvgIpc) is 2.60. The van der Waals surface area contributed by atoms with Gasteiger partial charge in [-0.2, -0.15) is 33.8 Å². The SMILES string of the molecule is COc1cc(CSC)cc(/N=N/c2cc(CSC)cc(OC)c2)c1. The van der Waals surface area contributed by atoms with Gasteiger partial charge in [-0.15, -0.1) is 0 Å². The lowest BCUT2D eigenvalue weighted by atomic mass is 10.2. The van der Waals surface area contributed by atoms with Crippen molar-refractivity contribution >= 4 is 34.9 Å². The molecule has 0 fully saturated rings. The number of hydrogen-bond donors (Lipinski definition) is 0. The Hall–Kier alpha value is -1.66. The van der Waals surface area contributed by atoms with E-state index in [9.17, 15) is 0 Å². The molecule has 0 aliphatic heterocycles. The average molecular weight is 363 g/mol. The first-order valence-corrected chi connectivity index (χ1v) is 10.2. The number of benzene rings is 2. The summed E-state index contributed by atoms with van der Waals surface area (Å²) in [7, 11) is 3.33. The molecule has 0 radical (unpaired) electrons. The minimum atomic E-state index is 0.785. The van der Waals surface area contributed by atoms with E-state index in [0.29, 0.717) is 0 Å². The highest BCUT2D eigenvalue weighted by Gasteiger charge is 2.03. The van der Waals surface area contributed by atoms with Gasteiger partial charge in [-0.3, -0.25) is 0 Å². The minimum Gasteiger partial charge on any atom is -0.497 e. The molecule has 0 bridgehead atoms. The molecule has 0 N–H and O–H groups in total. The number of azo groups is 1. The molecule has 0 aromatic heterocycles. The van der Waals surface area contributed by atoms with Gasteiger partial charge in [-0.1, -0.05) is 0 Å². The summed E-state index contributed by atoms with van der Waals surface area (Å²) in [6, 6.07) is 11.9. The largest absolute Gasteiger partial charge is 0.497 e. The topological polar surface area (TPSA) is 43.2 Å². The van der Waals surface area contributed by atoms with E-state index >= 15 is 0 Å². The normalized spacial score (nSPS) is 11.0. The van der Waals surface area contributed by atoms with Gasteiger partial charge in [-0.05, 0) is 47.9 Å². The fraction of sp³-hybridized carbons (Fsp3) is 0.333. The number of methoxy groups -OCH3 is 2. The van der Waals surface area contributed by atoms with E-state index in [2.05, 4.69) is 22.7 Å². The molecule has 0 saturated heterocycles. The van der Waals surface area contributed by atoms with Crippen LogP contribution in [0.25, 0.3) is 0 Å². The maximum Gasteiger partial charge on any atom is 0.121 e. The summed E-state index contributed by atoms with van der Waals surface area (Å²) >= 11 is 3.53. The number of ether oxygens (including phenoxy) is 2. The molecular formula is C18H22N2O2S2. The summed E-state index contributed by atoms with van der Waals surface area (Å²) in [6.45, 7) is 0. The smallest absolute Gasteiger partial charge is 0.121 e.